The zero-order valence-electron chi connectivity index (χ0n) is 7.09. The fourth-order valence-electron chi connectivity index (χ4n) is 1.16. The molecule has 11 heavy (non-hydrogen) atoms. The summed E-state index contributed by atoms with van der Waals surface area (Å²) in [7, 11) is 0. The van der Waals surface area contributed by atoms with Crippen molar-refractivity contribution in [1.29, 1.82) is 0 Å². The van der Waals surface area contributed by atoms with Crippen LogP contribution in [0.25, 0.3) is 0 Å². The summed E-state index contributed by atoms with van der Waals surface area (Å²) in [5.41, 5.74) is -0.286. The molecule has 0 aliphatic heterocycles. The molecule has 0 aromatic carbocycles. The standard InChI is InChI=1S/C9H14O2/c1-4-8(10)11-9(2,3)7-5-6-7/h4,7H,1,5-6H2,2-3H3. The molecule has 62 valence electrons. The van der Waals surface area contributed by atoms with Crippen molar-refractivity contribution in [2.75, 3.05) is 0 Å². The summed E-state index contributed by atoms with van der Waals surface area (Å²) in [6.07, 6.45) is 3.57. The zero-order valence-corrected chi connectivity index (χ0v) is 7.09. The Labute approximate surface area is 67.2 Å². The second-order valence-corrected chi connectivity index (χ2v) is 3.50. The third-order valence-corrected chi connectivity index (χ3v) is 2.09. The molecule has 0 radical (unpaired) electrons. The van der Waals surface area contributed by atoms with Crippen molar-refractivity contribution >= 4 is 5.97 Å². The van der Waals surface area contributed by atoms with Gasteiger partial charge in [-0.2, -0.15) is 0 Å². The molecular weight excluding hydrogens is 140 g/mol. The second kappa shape index (κ2) is 2.68. The molecule has 1 rings (SSSR count). The third kappa shape index (κ3) is 2.07. The van der Waals surface area contributed by atoms with Gasteiger partial charge in [-0.05, 0) is 32.6 Å². The molecule has 0 heterocycles. The lowest BCUT2D eigenvalue weighted by molar-refractivity contribution is -0.152. The molecule has 1 fully saturated rings. The predicted octanol–water partition coefficient (Wildman–Crippen LogP) is 1.90. The molecule has 0 amide bonds. The van der Waals surface area contributed by atoms with Crippen molar-refractivity contribution in [3.63, 3.8) is 0 Å². The third-order valence-electron chi connectivity index (χ3n) is 2.09. The van der Waals surface area contributed by atoms with Crippen LogP contribution in [0.15, 0.2) is 12.7 Å². The Bertz CT molecular complexity index is 178. The summed E-state index contributed by atoms with van der Waals surface area (Å²) in [5.74, 6) is 0.244. The minimum atomic E-state index is -0.318. The first kappa shape index (κ1) is 8.31. The molecule has 0 aromatic rings. The first-order valence-electron chi connectivity index (χ1n) is 3.91. The highest BCUT2D eigenvalue weighted by Gasteiger charge is 2.40. The van der Waals surface area contributed by atoms with E-state index in [9.17, 15) is 4.79 Å². The monoisotopic (exact) mass is 154 g/mol. The molecule has 1 aliphatic rings. The summed E-state index contributed by atoms with van der Waals surface area (Å²) in [5, 5.41) is 0. The average Bonchev–Trinajstić information content (AvgIpc) is 2.66. The topological polar surface area (TPSA) is 26.3 Å². The molecule has 2 nitrogen and oxygen atoms in total. The van der Waals surface area contributed by atoms with Crippen LogP contribution in [-0.2, 0) is 9.53 Å². The summed E-state index contributed by atoms with van der Waals surface area (Å²) in [6, 6.07) is 0. The number of carbonyl (C=O) groups is 1. The Kier molecular flexibility index (Phi) is 2.03. The van der Waals surface area contributed by atoms with Crippen LogP contribution in [0.2, 0.25) is 0 Å². The summed E-state index contributed by atoms with van der Waals surface area (Å²) < 4.78 is 5.15. The molecule has 0 spiro atoms. The van der Waals surface area contributed by atoms with Gasteiger partial charge >= 0.3 is 5.97 Å². The largest absolute Gasteiger partial charge is 0.456 e. The average molecular weight is 154 g/mol. The maximum absolute atomic E-state index is 10.8. The molecule has 0 aromatic heterocycles. The summed E-state index contributed by atoms with van der Waals surface area (Å²) in [6.45, 7) is 7.25. The second-order valence-electron chi connectivity index (χ2n) is 3.50. The van der Waals surface area contributed by atoms with Gasteiger partial charge < -0.3 is 4.74 Å². The van der Waals surface area contributed by atoms with Crippen molar-refractivity contribution in [2.24, 2.45) is 5.92 Å². The molecule has 2 heteroatoms. The van der Waals surface area contributed by atoms with E-state index in [1.54, 1.807) is 0 Å². The predicted molar refractivity (Wildman–Crippen MR) is 43.1 cm³/mol. The van der Waals surface area contributed by atoms with E-state index < -0.39 is 0 Å². The molecule has 0 bridgehead atoms. The Balaban J connectivity index is 2.44. The number of carbonyl (C=O) groups excluding carboxylic acids is 1. The molecule has 0 atom stereocenters. The Morgan fingerprint density at radius 1 is 1.64 bits per heavy atom. The van der Waals surface area contributed by atoms with Crippen LogP contribution in [-0.4, -0.2) is 11.6 Å². The van der Waals surface area contributed by atoms with Gasteiger partial charge in [-0.3, -0.25) is 0 Å². The molecule has 0 N–H and O–H groups in total. The summed E-state index contributed by atoms with van der Waals surface area (Å²) >= 11 is 0. The van der Waals surface area contributed by atoms with E-state index in [-0.39, 0.29) is 11.6 Å². The van der Waals surface area contributed by atoms with Crippen LogP contribution in [0.3, 0.4) is 0 Å². The number of ether oxygens (including phenoxy) is 1. The van der Waals surface area contributed by atoms with E-state index in [1.807, 2.05) is 13.8 Å². The molecule has 0 saturated heterocycles. The van der Waals surface area contributed by atoms with Crippen molar-refractivity contribution < 1.29 is 9.53 Å². The van der Waals surface area contributed by atoms with Gasteiger partial charge in [0, 0.05) is 6.08 Å². The molecular formula is C9H14O2. The van der Waals surface area contributed by atoms with Gasteiger partial charge in [-0.1, -0.05) is 6.58 Å². The molecule has 1 aliphatic carbocycles. The van der Waals surface area contributed by atoms with Gasteiger partial charge in [0.05, 0.1) is 0 Å². The van der Waals surface area contributed by atoms with Crippen LogP contribution in [0, 0.1) is 5.92 Å². The lowest BCUT2D eigenvalue weighted by atomic mass is 10.0. The van der Waals surface area contributed by atoms with Crippen LogP contribution in [0.1, 0.15) is 26.7 Å². The normalized spacial score (nSPS) is 17.6. The van der Waals surface area contributed by atoms with Gasteiger partial charge in [-0.15, -0.1) is 0 Å². The van der Waals surface area contributed by atoms with Crippen molar-refractivity contribution in [3.05, 3.63) is 12.7 Å². The van der Waals surface area contributed by atoms with E-state index in [2.05, 4.69) is 6.58 Å². The van der Waals surface area contributed by atoms with E-state index >= 15 is 0 Å². The van der Waals surface area contributed by atoms with Gasteiger partial charge in [0.2, 0.25) is 0 Å². The molecule has 0 unspecified atom stereocenters. The highest BCUT2D eigenvalue weighted by molar-refractivity contribution is 5.81. The van der Waals surface area contributed by atoms with Crippen molar-refractivity contribution in [1.82, 2.24) is 0 Å². The Morgan fingerprint density at radius 3 is 2.55 bits per heavy atom. The Morgan fingerprint density at radius 2 is 2.18 bits per heavy atom. The van der Waals surface area contributed by atoms with Crippen LogP contribution < -0.4 is 0 Å². The number of esters is 1. The number of hydrogen-bond donors (Lipinski definition) is 0. The van der Waals surface area contributed by atoms with Gasteiger partial charge in [0.25, 0.3) is 0 Å². The lowest BCUT2D eigenvalue weighted by Gasteiger charge is -2.23. The maximum atomic E-state index is 10.8. The highest BCUT2D eigenvalue weighted by Crippen LogP contribution is 2.41. The quantitative estimate of drug-likeness (QED) is 0.458. The van der Waals surface area contributed by atoms with E-state index in [1.165, 1.54) is 18.9 Å². The van der Waals surface area contributed by atoms with Gasteiger partial charge in [-0.25, -0.2) is 4.79 Å². The van der Waals surface area contributed by atoms with Crippen molar-refractivity contribution in [2.45, 2.75) is 32.3 Å². The maximum Gasteiger partial charge on any atom is 0.330 e. The van der Waals surface area contributed by atoms with Crippen LogP contribution >= 0.6 is 0 Å². The van der Waals surface area contributed by atoms with E-state index in [0.29, 0.717) is 5.92 Å². The number of hydrogen-bond acceptors (Lipinski definition) is 2. The minimum Gasteiger partial charge on any atom is -0.456 e. The van der Waals surface area contributed by atoms with E-state index in [0.717, 1.165) is 0 Å². The zero-order chi connectivity index (χ0) is 8.48. The smallest absolute Gasteiger partial charge is 0.330 e. The Hall–Kier alpha value is -0.790. The van der Waals surface area contributed by atoms with Gasteiger partial charge in [0.15, 0.2) is 0 Å². The fourth-order valence-corrected chi connectivity index (χ4v) is 1.16. The first-order valence-corrected chi connectivity index (χ1v) is 3.91. The van der Waals surface area contributed by atoms with Crippen LogP contribution in [0.4, 0.5) is 0 Å². The lowest BCUT2D eigenvalue weighted by Crippen LogP contribution is -2.29. The van der Waals surface area contributed by atoms with Gasteiger partial charge in [0.1, 0.15) is 5.60 Å². The van der Waals surface area contributed by atoms with E-state index in [4.69, 9.17) is 4.74 Å². The minimum absolute atomic E-state index is 0.286. The highest BCUT2D eigenvalue weighted by atomic mass is 16.6. The SMILES string of the molecule is C=CC(=O)OC(C)(C)C1CC1. The van der Waals surface area contributed by atoms with Crippen LogP contribution in [0.5, 0.6) is 0 Å². The van der Waals surface area contributed by atoms with Crippen molar-refractivity contribution in [3.8, 4) is 0 Å². The number of rotatable bonds is 3. The summed E-state index contributed by atoms with van der Waals surface area (Å²) in [4.78, 5) is 10.8. The first-order chi connectivity index (χ1) is 5.06. The fraction of sp³-hybridized carbons (Fsp3) is 0.667. The molecule has 1 saturated carbocycles.